The van der Waals surface area contributed by atoms with Crippen LogP contribution < -0.4 is 0 Å². The smallest absolute Gasteiger partial charge is 0.0711 e. The van der Waals surface area contributed by atoms with Crippen LogP contribution in [0.15, 0.2) is 43.0 Å². The molecule has 0 spiro atoms. The molecule has 0 saturated heterocycles. The van der Waals surface area contributed by atoms with Gasteiger partial charge in [0.15, 0.2) is 0 Å². The summed E-state index contributed by atoms with van der Waals surface area (Å²) in [4.78, 5) is 0. The standard InChI is InChI=1S/C18H22O/c1-3-15(2)18(13-8-7-11-17(18)19)14-12-16-9-5-4-6-10-16/h3-6,9-10,15,17,19H,1,7-8,11,13H2,2H3/t15?,17-,18-/m0/s1. The van der Waals surface area contributed by atoms with Crippen LogP contribution in [-0.4, -0.2) is 11.2 Å². The van der Waals surface area contributed by atoms with E-state index in [4.69, 9.17) is 0 Å². The van der Waals surface area contributed by atoms with E-state index < -0.39 is 0 Å². The van der Waals surface area contributed by atoms with E-state index in [9.17, 15) is 5.11 Å². The van der Waals surface area contributed by atoms with Crippen molar-refractivity contribution in [2.75, 3.05) is 0 Å². The fourth-order valence-electron chi connectivity index (χ4n) is 2.89. The minimum Gasteiger partial charge on any atom is -0.392 e. The predicted molar refractivity (Wildman–Crippen MR) is 79.6 cm³/mol. The lowest BCUT2D eigenvalue weighted by Gasteiger charge is -2.41. The summed E-state index contributed by atoms with van der Waals surface area (Å²) in [6, 6.07) is 9.99. The number of hydrogen-bond acceptors (Lipinski definition) is 1. The molecule has 0 aliphatic heterocycles. The van der Waals surface area contributed by atoms with Gasteiger partial charge in [-0.15, -0.1) is 6.58 Å². The lowest BCUT2D eigenvalue weighted by molar-refractivity contribution is 0.00548. The van der Waals surface area contributed by atoms with Crippen molar-refractivity contribution in [1.29, 1.82) is 0 Å². The Hall–Kier alpha value is -1.52. The van der Waals surface area contributed by atoms with Gasteiger partial charge in [0.25, 0.3) is 0 Å². The molecule has 1 aromatic rings. The highest BCUT2D eigenvalue weighted by atomic mass is 16.3. The topological polar surface area (TPSA) is 20.2 Å². The van der Waals surface area contributed by atoms with E-state index >= 15 is 0 Å². The Bertz CT molecular complexity index is 479. The lowest BCUT2D eigenvalue weighted by atomic mass is 9.65. The maximum absolute atomic E-state index is 10.4. The van der Waals surface area contributed by atoms with Crippen molar-refractivity contribution in [1.82, 2.24) is 0 Å². The molecule has 1 unspecified atom stereocenters. The summed E-state index contributed by atoms with van der Waals surface area (Å²) in [5.74, 6) is 6.83. The molecule has 0 amide bonds. The van der Waals surface area contributed by atoms with Crippen LogP contribution in [0.25, 0.3) is 0 Å². The molecule has 1 aliphatic rings. The van der Waals surface area contributed by atoms with Crippen molar-refractivity contribution in [3.8, 4) is 11.8 Å². The molecule has 0 bridgehead atoms. The van der Waals surface area contributed by atoms with Crippen molar-refractivity contribution >= 4 is 0 Å². The van der Waals surface area contributed by atoms with E-state index in [1.807, 2.05) is 36.4 Å². The first-order valence-electron chi connectivity index (χ1n) is 7.08. The third kappa shape index (κ3) is 2.91. The first kappa shape index (κ1) is 13.9. The fraction of sp³-hybridized carbons (Fsp3) is 0.444. The number of hydrogen-bond donors (Lipinski definition) is 1. The van der Waals surface area contributed by atoms with Gasteiger partial charge in [0.05, 0.1) is 11.5 Å². The quantitative estimate of drug-likeness (QED) is 0.629. The van der Waals surface area contributed by atoms with Crippen molar-refractivity contribution in [3.05, 3.63) is 48.6 Å². The molecular weight excluding hydrogens is 232 g/mol. The lowest BCUT2D eigenvalue weighted by Crippen LogP contribution is -2.41. The summed E-state index contributed by atoms with van der Waals surface area (Å²) in [5, 5.41) is 10.4. The Morgan fingerprint density at radius 1 is 1.37 bits per heavy atom. The minimum absolute atomic E-state index is 0.207. The zero-order valence-electron chi connectivity index (χ0n) is 11.6. The van der Waals surface area contributed by atoms with Gasteiger partial charge in [-0.25, -0.2) is 0 Å². The highest BCUT2D eigenvalue weighted by Gasteiger charge is 2.41. The molecule has 1 N–H and O–H groups in total. The molecule has 19 heavy (non-hydrogen) atoms. The van der Waals surface area contributed by atoms with Gasteiger partial charge >= 0.3 is 0 Å². The maximum atomic E-state index is 10.4. The second-order valence-corrected chi connectivity index (χ2v) is 5.44. The van der Waals surface area contributed by atoms with Crippen LogP contribution in [0, 0.1) is 23.2 Å². The highest BCUT2D eigenvalue weighted by molar-refractivity contribution is 5.36. The number of benzene rings is 1. The molecule has 1 heteroatoms. The normalized spacial score (nSPS) is 28.0. The molecule has 3 atom stereocenters. The van der Waals surface area contributed by atoms with Gasteiger partial charge in [0, 0.05) is 5.56 Å². The molecule has 1 saturated carbocycles. The highest BCUT2D eigenvalue weighted by Crippen LogP contribution is 2.42. The average molecular weight is 254 g/mol. The Morgan fingerprint density at radius 3 is 2.74 bits per heavy atom. The first-order valence-corrected chi connectivity index (χ1v) is 7.08. The summed E-state index contributed by atoms with van der Waals surface area (Å²) in [7, 11) is 0. The summed E-state index contributed by atoms with van der Waals surface area (Å²) in [6.07, 6.45) is 5.63. The Balaban J connectivity index is 2.34. The van der Waals surface area contributed by atoms with Crippen molar-refractivity contribution in [2.45, 2.75) is 38.7 Å². The molecule has 0 radical (unpaired) electrons. The molecular formula is C18H22O. The van der Waals surface area contributed by atoms with Gasteiger partial charge in [-0.3, -0.25) is 0 Å². The molecule has 0 aromatic heterocycles. The zero-order chi connectivity index (χ0) is 13.7. The monoisotopic (exact) mass is 254 g/mol. The summed E-state index contributed by atoms with van der Waals surface area (Å²) < 4.78 is 0. The van der Waals surface area contributed by atoms with Crippen molar-refractivity contribution in [2.24, 2.45) is 11.3 Å². The Morgan fingerprint density at radius 2 is 2.11 bits per heavy atom. The van der Waals surface area contributed by atoms with Crippen LogP contribution in [0.1, 0.15) is 38.2 Å². The van der Waals surface area contributed by atoms with E-state index in [0.29, 0.717) is 0 Å². The van der Waals surface area contributed by atoms with Crippen LogP contribution in [0.5, 0.6) is 0 Å². The van der Waals surface area contributed by atoms with Gasteiger partial charge in [-0.1, -0.05) is 55.9 Å². The predicted octanol–water partition coefficient (Wildman–Crippen LogP) is 3.78. The van der Waals surface area contributed by atoms with Crippen LogP contribution in [0.3, 0.4) is 0 Å². The van der Waals surface area contributed by atoms with E-state index in [-0.39, 0.29) is 17.4 Å². The third-order valence-electron chi connectivity index (χ3n) is 4.29. The largest absolute Gasteiger partial charge is 0.392 e. The van der Waals surface area contributed by atoms with E-state index in [0.717, 1.165) is 31.2 Å². The maximum Gasteiger partial charge on any atom is 0.0711 e. The SMILES string of the molecule is C=CC(C)[C@@]1(C#Cc2ccccc2)CCCC[C@@H]1O. The molecule has 0 heterocycles. The Labute approximate surface area is 116 Å². The van der Waals surface area contributed by atoms with E-state index in [1.54, 1.807) is 0 Å². The van der Waals surface area contributed by atoms with Gasteiger partial charge < -0.3 is 5.11 Å². The second kappa shape index (κ2) is 6.08. The molecule has 1 aliphatic carbocycles. The van der Waals surface area contributed by atoms with Gasteiger partial charge in [-0.05, 0) is 30.9 Å². The van der Waals surface area contributed by atoms with Crippen LogP contribution in [0.2, 0.25) is 0 Å². The number of rotatable bonds is 2. The summed E-state index contributed by atoms with van der Waals surface area (Å²) >= 11 is 0. The third-order valence-corrected chi connectivity index (χ3v) is 4.29. The number of aliphatic hydroxyl groups is 1. The van der Waals surface area contributed by atoms with E-state index in [2.05, 4.69) is 25.3 Å². The first-order chi connectivity index (χ1) is 9.19. The second-order valence-electron chi connectivity index (χ2n) is 5.44. The van der Waals surface area contributed by atoms with Gasteiger partial charge in [-0.2, -0.15) is 0 Å². The Kier molecular flexibility index (Phi) is 4.45. The van der Waals surface area contributed by atoms with Crippen LogP contribution >= 0.6 is 0 Å². The fourth-order valence-corrected chi connectivity index (χ4v) is 2.89. The summed E-state index contributed by atoms with van der Waals surface area (Å²) in [6.45, 7) is 6.00. The number of allylic oxidation sites excluding steroid dienone is 1. The molecule has 1 fully saturated rings. The van der Waals surface area contributed by atoms with Gasteiger partial charge in [0.2, 0.25) is 0 Å². The zero-order valence-corrected chi connectivity index (χ0v) is 11.6. The number of aliphatic hydroxyl groups excluding tert-OH is 1. The molecule has 2 rings (SSSR count). The van der Waals surface area contributed by atoms with Crippen LogP contribution in [-0.2, 0) is 0 Å². The molecule has 1 aromatic carbocycles. The summed E-state index contributed by atoms with van der Waals surface area (Å²) in [5.41, 5.74) is 0.687. The molecule has 100 valence electrons. The van der Waals surface area contributed by atoms with E-state index in [1.165, 1.54) is 0 Å². The minimum atomic E-state index is -0.342. The van der Waals surface area contributed by atoms with Crippen molar-refractivity contribution in [3.63, 3.8) is 0 Å². The van der Waals surface area contributed by atoms with Crippen molar-refractivity contribution < 1.29 is 5.11 Å². The molecule has 1 nitrogen and oxygen atoms in total. The van der Waals surface area contributed by atoms with Gasteiger partial charge in [0.1, 0.15) is 0 Å². The average Bonchev–Trinajstić information content (AvgIpc) is 2.47. The van der Waals surface area contributed by atoms with Crippen LogP contribution in [0.4, 0.5) is 0 Å².